The van der Waals surface area contributed by atoms with Crippen LogP contribution in [0.3, 0.4) is 0 Å². The van der Waals surface area contributed by atoms with Gasteiger partial charge < -0.3 is 20.9 Å². The standard InChI is InChI=1S/C21H21F3N6OS/c1-13-12-18(30(2)3)29-19(25-13)26-14-4-6-15(7-5-14)27-20(31)28-16-8-10-17(11-9-16)32-21(22,23)24/h4-12H,1-3H3,(H,25,26,29)(H2,27,28,31). The molecule has 0 aliphatic heterocycles. The molecule has 2 amide bonds. The molecule has 11 heteroatoms. The zero-order valence-corrected chi connectivity index (χ0v) is 18.3. The fourth-order valence-electron chi connectivity index (χ4n) is 2.64. The Bertz CT molecular complexity index is 1070. The maximum Gasteiger partial charge on any atom is 0.446 e. The normalized spacial score (nSPS) is 11.1. The minimum absolute atomic E-state index is 0.0434. The van der Waals surface area contributed by atoms with E-state index in [9.17, 15) is 18.0 Å². The number of nitrogens with one attached hydrogen (secondary N) is 3. The molecule has 2 aromatic carbocycles. The number of hydrogen-bond donors (Lipinski definition) is 3. The number of benzene rings is 2. The number of aryl methyl sites for hydroxylation is 1. The molecular formula is C21H21F3N6OS. The van der Waals surface area contributed by atoms with E-state index in [1.165, 1.54) is 24.3 Å². The summed E-state index contributed by atoms with van der Waals surface area (Å²) in [6, 6.07) is 13.7. The lowest BCUT2D eigenvalue weighted by Crippen LogP contribution is -2.19. The highest BCUT2D eigenvalue weighted by Gasteiger charge is 2.29. The Hall–Kier alpha value is -3.47. The number of amides is 2. The molecule has 0 saturated carbocycles. The summed E-state index contributed by atoms with van der Waals surface area (Å²) in [6.45, 7) is 1.88. The smallest absolute Gasteiger partial charge is 0.363 e. The molecular weight excluding hydrogens is 441 g/mol. The second-order valence-electron chi connectivity index (χ2n) is 6.94. The molecule has 32 heavy (non-hydrogen) atoms. The van der Waals surface area contributed by atoms with Gasteiger partial charge in [0.1, 0.15) is 5.82 Å². The van der Waals surface area contributed by atoms with Gasteiger partial charge in [-0.25, -0.2) is 9.78 Å². The first kappa shape index (κ1) is 23.2. The molecule has 0 aliphatic rings. The molecule has 1 aromatic heterocycles. The predicted octanol–water partition coefficient (Wildman–Crippen LogP) is 5.85. The fraction of sp³-hybridized carbons (Fsp3) is 0.190. The number of aromatic nitrogens is 2. The number of nitrogens with zero attached hydrogens (tertiary/aromatic N) is 3. The van der Waals surface area contributed by atoms with Crippen molar-refractivity contribution in [3.05, 3.63) is 60.3 Å². The van der Waals surface area contributed by atoms with Crippen LogP contribution in [0, 0.1) is 6.92 Å². The first-order valence-electron chi connectivity index (χ1n) is 9.41. The van der Waals surface area contributed by atoms with Crippen LogP contribution in [0.5, 0.6) is 0 Å². The highest BCUT2D eigenvalue weighted by Crippen LogP contribution is 2.37. The van der Waals surface area contributed by atoms with Crippen LogP contribution in [0.2, 0.25) is 0 Å². The number of carbonyl (C=O) groups is 1. The summed E-state index contributed by atoms with van der Waals surface area (Å²) in [5, 5.41) is 8.37. The van der Waals surface area contributed by atoms with Crippen molar-refractivity contribution in [2.45, 2.75) is 17.3 Å². The summed E-state index contributed by atoms with van der Waals surface area (Å²) < 4.78 is 37.1. The molecule has 7 nitrogen and oxygen atoms in total. The molecule has 0 saturated heterocycles. The zero-order valence-electron chi connectivity index (χ0n) is 17.5. The number of anilines is 5. The van der Waals surface area contributed by atoms with Gasteiger partial charge in [-0.15, -0.1) is 0 Å². The van der Waals surface area contributed by atoms with E-state index in [0.717, 1.165) is 17.2 Å². The van der Waals surface area contributed by atoms with Gasteiger partial charge in [0, 0.05) is 47.8 Å². The van der Waals surface area contributed by atoms with E-state index < -0.39 is 11.5 Å². The molecule has 3 aromatic rings. The Morgan fingerprint density at radius 3 is 1.97 bits per heavy atom. The maximum atomic E-state index is 12.4. The molecule has 0 bridgehead atoms. The molecule has 0 unspecified atom stereocenters. The minimum Gasteiger partial charge on any atom is -0.363 e. The van der Waals surface area contributed by atoms with Crippen LogP contribution < -0.4 is 20.9 Å². The van der Waals surface area contributed by atoms with E-state index in [4.69, 9.17) is 0 Å². The van der Waals surface area contributed by atoms with E-state index in [1.54, 1.807) is 24.3 Å². The lowest BCUT2D eigenvalue weighted by Gasteiger charge is -2.14. The molecule has 0 spiro atoms. The van der Waals surface area contributed by atoms with Gasteiger partial charge >= 0.3 is 11.5 Å². The Balaban J connectivity index is 1.57. The summed E-state index contributed by atoms with van der Waals surface area (Å²) in [7, 11) is 3.79. The largest absolute Gasteiger partial charge is 0.446 e. The van der Waals surface area contributed by atoms with Gasteiger partial charge in [-0.3, -0.25) is 0 Å². The van der Waals surface area contributed by atoms with Gasteiger partial charge in [-0.2, -0.15) is 18.2 Å². The highest BCUT2D eigenvalue weighted by atomic mass is 32.2. The quantitative estimate of drug-likeness (QED) is 0.399. The third kappa shape index (κ3) is 7.05. The summed E-state index contributed by atoms with van der Waals surface area (Å²) in [4.78, 5) is 22.9. The molecule has 0 fully saturated rings. The van der Waals surface area contributed by atoms with Crippen LogP contribution in [-0.2, 0) is 0 Å². The van der Waals surface area contributed by atoms with Gasteiger partial charge in [0.2, 0.25) is 5.95 Å². The number of carbonyl (C=O) groups excluding carboxylic acids is 1. The zero-order chi connectivity index (χ0) is 23.3. The molecule has 3 N–H and O–H groups in total. The summed E-state index contributed by atoms with van der Waals surface area (Å²) in [5.74, 6) is 1.24. The molecule has 0 atom stereocenters. The highest BCUT2D eigenvalue weighted by molar-refractivity contribution is 8.00. The lowest BCUT2D eigenvalue weighted by molar-refractivity contribution is -0.0328. The van der Waals surface area contributed by atoms with E-state index in [1.807, 2.05) is 32.0 Å². The molecule has 0 radical (unpaired) electrons. The summed E-state index contributed by atoms with van der Waals surface area (Å²) >= 11 is -0.210. The fourth-order valence-corrected chi connectivity index (χ4v) is 3.18. The second-order valence-corrected chi connectivity index (χ2v) is 8.08. The van der Waals surface area contributed by atoms with E-state index >= 15 is 0 Å². The Labute approximate surface area is 187 Å². The molecule has 3 rings (SSSR count). The van der Waals surface area contributed by atoms with Crippen LogP contribution in [0.1, 0.15) is 5.69 Å². The van der Waals surface area contributed by atoms with E-state index in [-0.39, 0.29) is 16.7 Å². The summed E-state index contributed by atoms with van der Waals surface area (Å²) in [6.07, 6.45) is 0. The third-order valence-electron chi connectivity index (χ3n) is 4.04. The van der Waals surface area contributed by atoms with Crippen LogP contribution in [0.15, 0.2) is 59.5 Å². The number of urea groups is 1. The number of alkyl halides is 3. The van der Waals surface area contributed by atoms with Gasteiger partial charge in [-0.05, 0) is 67.2 Å². The van der Waals surface area contributed by atoms with Crippen molar-refractivity contribution in [1.82, 2.24) is 9.97 Å². The van der Waals surface area contributed by atoms with Crippen LogP contribution >= 0.6 is 11.8 Å². The van der Waals surface area contributed by atoms with Gasteiger partial charge in [-0.1, -0.05) is 0 Å². The van der Waals surface area contributed by atoms with E-state index in [0.29, 0.717) is 17.3 Å². The van der Waals surface area contributed by atoms with Crippen LogP contribution in [0.4, 0.5) is 46.8 Å². The molecule has 168 valence electrons. The van der Waals surface area contributed by atoms with Crippen molar-refractivity contribution in [3.8, 4) is 0 Å². The average molecular weight is 463 g/mol. The lowest BCUT2D eigenvalue weighted by atomic mass is 10.3. The van der Waals surface area contributed by atoms with Gasteiger partial charge in [0.05, 0.1) is 0 Å². The van der Waals surface area contributed by atoms with Crippen molar-refractivity contribution in [3.63, 3.8) is 0 Å². The maximum absolute atomic E-state index is 12.4. The van der Waals surface area contributed by atoms with E-state index in [2.05, 4.69) is 25.9 Å². The van der Waals surface area contributed by atoms with Crippen molar-refractivity contribution in [1.29, 1.82) is 0 Å². The molecule has 1 heterocycles. The molecule has 0 aliphatic carbocycles. The Morgan fingerprint density at radius 2 is 1.44 bits per heavy atom. The number of hydrogen-bond acceptors (Lipinski definition) is 6. The summed E-state index contributed by atoms with van der Waals surface area (Å²) in [5.41, 5.74) is -1.87. The predicted molar refractivity (Wildman–Crippen MR) is 122 cm³/mol. The first-order valence-corrected chi connectivity index (χ1v) is 10.2. The number of thioether (sulfide) groups is 1. The van der Waals surface area contributed by atoms with Crippen LogP contribution in [0.25, 0.3) is 0 Å². The average Bonchev–Trinajstić information content (AvgIpc) is 2.69. The van der Waals surface area contributed by atoms with Crippen molar-refractivity contribution in [2.24, 2.45) is 0 Å². The van der Waals surface area contributed by atoms with Gasteiger partial charge in [0.15, 0.2) is 0 Å². The Morgan fingerprint density at radius 1 is 0.906 bits per heavy atom. The first-order chi connectivity index (χ1) is 15.1. The topological polar surface area (TPSA) is 82.2 Å². The van der Waals surface area contributed by atoms with Crippen LogP contribution in [-0.4, -0.2) is 35.6 Å². The second kappa shape index (κ2) is 9.77. The SMILES string of the molecule is Cc1cc(N(C)C)nc(Nc2ccc(NC(=O)Nc3ccc(SC(F)(F)F)cc3)cc2)n1. The van der Waals surface area contributed by atoms with Gasteiger partial charge in [0.25, 0.3) is 0 Å². The van der Waals surface area contributed by atoms with Crippen molar-refractivity contribution < 1.29 is 18.0 Å². The van der Waals surface area contributed by atoms with Crippen molar-refractivity contribution in [2.75, 3.05) is 34.9 Å². The van der Waals surface area contributed by atoms with Crippen molar-refractivity contribution >= 4 is 46.6 Å². The monoisotopic (exact) mass is 462 g/mol. The Kier molecular flexibility index (Phi) is 7.08. The number of rotatable bonds is 6. The minimum atomic E-state index is -4.35. The number of halogens is 3. The third-order valence-corrected chi connectivity index (χ3v) is 4.78.